The van der Waals surface area contributed by atoms with Gasteiger partial charge in [-0.2, -0.15) is 13.2 Å². The first-order chi connectivity index (χ1) is 11.0. The number of halogens is 3. The molecule has 1 aromatic rings. The summed E-state index contributed by atoms with van der Waals surface area (Å²) in [6.45, 7) is 4.68. The van der Waals surface area contributed by atoms with E-state index in [4.69, 9.17) is 9.47 Å². The van der Waals surface area contributed by atoms with Gasteiger partial charge in [0.05, 0.1) is 18.2 Å². The van der Waals surface area contributed by atoms with Crippen LogP contribution in [0.4, 0.5) is 18.0 Å². The summed E-state index contributed by atoms with van der Waals surface area (Å²) >= 11 is 0. The Morgan fingerprint density at radius 3 is 2.29 bits per heavy atom. The highest BCUT2D eigenvalue weighted by atomic mass is 19.4. The van der Waals surface area contributed by atoms with Gasteiger partial charge in [0.1, 0.15) is 12.2 Å². The molecule has 1 aromatic carbocycles. The number of alkyl halides is 3. The van der Waals surface area contributed by atoms with Crippen LogP contribution in [0.25, 0.3) is 0 Å². The lowest BCUT2D eigenvalue weighted by atomic mass is 10.0. The molecule has 0 spiro atoms. The first kappa shape index (κ1) is 18.3. The van der Waals surface area contributed by atoms with Gasteiger partial charge in [-0.05, 0) is 38.5 Å². The third-order valence-electron chi connectivity index (χ3n) is 3.29. The summed E-state index contributed by atoms with van der Waals surface area (Å²) in [4.78, 5) is 25.2. The van der Waals surface area contributed by atoms with E-state index in [-0.39, 0.29) is 13.2 Å². The predicted octanol–water partition coefficient (Wildman–Crippen LogP) is 3.54. The van der Waals surface area contributed by atoms with Crippen LogP contribution >= 0.6 is 0 Å². The SMILES string of the molecule is CC(C)(C)OC(=O)N1C(=O)COC[C@@H]1c1ccc(C(F)(F)F)cc1. The fourth-order valence-electron chi connectivity index (χ4n) is 2.26. The fourth-order valence-corrected chi connectivity index (χ4v) is 2.26. The third-order valence-corrected chi connectivity index (χ3v) is 3.29. The number of amides is 2. The third kappa shape index (κ3) is 4.25. The molecule has 0 radical (unpaired) electrons. The predicted molar refractivity (Wildman–Crippen MR) is 78.1 cm³/mol. The van der Waals surface area contributed by atoms with Crippen molar-refractivity contribution in [2.45, 2.75) is 38.6 Å². The molecule has 0 bridgehead atoms. The molecule has 1 heterocycles. The van der Waals surface area contributed by atoms with E-state index in [0.29, 0.717) is 5.56 Å². The maximum absolute atomic E-state index is 12.7. The molecule has 5 nitrogen and oxygen atoms in total. The van der Waals surface area contributed by atoms with Crippen LogP contribution in [0.5, 0.6) is 0 Å². The van der Waals surface area contributed by atoms with Crippen LogP contribution in [0.3, 0.4) is 0 Å². The number of benzene rings is 1. The second kappa shape index (κ2) is 6.43. The lowest BCUT2D eigenvalue weighted by Crippen LogP contribution is -2.49. The average Bonchev–Trinajstić information content (AvgIpc) is 2.44. The number of rotatable bonds is 1. The van der Waals surface area contributed by atoms with Crippen LogP contribution in [0.2, 0.25) is 0 Å². The molecule has 1 aliphatic heterocycles. The van der Waals surface area contributed by atoms with E-state index in [2.05, 4.69) is 0 Å². The van der Waals surface area contributed by atoms with E-state index in [9.17, 15) is 22.8 Å². The molecular formula is C16H18F3NO4. The Kier molecular flexibility index (Phi) is 4.89. The summed E-state index contributed by atoms with van der Waals surface area (Å²) in [6, 6.07) is 3.44. The number of hydrogen-bond donors (Lipinski definition) is 0. The average molecular weight is 345 g/mol. The number of carbonyl (C=O) groups is 2. The maximum atomic E-state index is 12.7. The van der Waals surface area contributed by atoms with Crippen molar-refractivity contribution in [1.29, 1.82) is 0 Å². The van der Waals surface area contributed by atoms with Crippen LogP contribution in [-0.4, -0.2) is 35.7 Å². The van der Waals surface area contributed by atoms with E-state index < -0.39 is 35.4 Å². The molecule has 0 aromatic heterocycles. The van der Waals surface area contributed by atoms with Gasteiger partial charge in [0.25, 0.3) is 5.91 Å². The minimum Gasteiger partial charge on any atom is -0.443 e. The quantitative estimate of drug-likeness (QED) is 0.781. The molecule has 1 aliphatic rings. The van der Waals surface area contributed by atoms with Crippen LogP contribution in [0.15, 0.2) is 24.3 Å². The van der Waals surface area contributed by atoms with Crippen molar-refractivity contribution >= 4 is 12.0 Å². The van der Waals surface area contributed by atoms with Gasteiger partial charge in [0, 0.05) is 0 Å². The van der Waals surface area contributed by atoms with Gasteiger partial charge in [-0.25, -0.2) is 9.69 Å². The van der Waals surface area contributed by atoms with Crippen LogP contribution < -0.4 is 0 Å². The van der Waals surface area contributed by atoms with E-state index in [1.807, 2.05) is 0 Å². The van der Waals surface area contributed by atoms with E-state index in [1.165, 1.54) is 12.1 Å². The second-order valence-electron chi connectivity index (χ2n) is 6.39. The molecular weight excluding hydrogens is 327 g/mol. The molecule has 24 heavy (non-hydrogen) atoms. The van der Waals surface area contributed by atoms with Crippen molar-refractivity contribution in [2.24, 2.45) is 0 Å². The van der Waals surface area contributed by atoms with Crippen molar-refractivity contribution in [2.75, 3.05) is 13.2 Å². The van der Waals surface area contributed by atoms with Gasteiger partial charge in [-0.1, -0.05) is 12.1 Å². The lowest BCUT2D eigenvalue weighted by molar-refractivity contribution is -0.146. The van der Waals surface area contributed by atoms with E-state index in [1.54, 1.807) is 20.8 Å². The van der Waals surface area contributed by atoms with Crippen molar-refractivity contribution in [1.82, 2.24) is 4.90 Å². The normalized spacial score (nSPS) is 19.3. The Hall–Kier alpha value is -2.09. The Morgan fingerprint density at radius 1 is 1.21 bits per heavy atom. The molecule has 0 unspecified atom stereocenters. The first-order valence-corrected chi connectivity index (χ1v) is 7.29. The minimum absolute atomic E-state index is 0.00362. The number of carbonyl (C=O) groups excluding carboxylic acids is 2. The van der Waals surface area contributed by atoms with Gasteiger partial charge in [0.2, 0.25) is 0 Å². The summed E-state index contributed by atoms with van der Waals surface area (Å²) in [7, 11) is 0. The summed E-state index contributed by atoms with van der Waals surface area (Å²) in [6.07, 6.45) is -5.30. The monoisotopic (exact) mass is 345 g/mol. The summed E-state index contributed by atoms with van der Waals surface area (Å²) in [5.74, 6) is -0.597. The van der Waals surface area contributed by atoms with Crippen molar-refractivity contribution in [3.63, 3.8) is 0 Å². The zero-order chi connectivity index (χ0) is 18.1. The number of imide groups is 1. The molecule has 8 heteroatoms. The highest BCUT2D eigenvalue weighted by Gasteiger charge is 2.38. The standard InChI is InChI=1S/C16H18F3NO4/c1-15(2,3)24-14(22)20-12(8-23-9-13(20)21)10-4-6-11(7-5-10)16(17,18)19/h4-7,12H,8-9H2,1-3H3/t12-/m1/s1. The molecule has 2 amide bonds. The zero-order valence-electron chi connectivity index (χ0n) is 13.5. The van der Waals surface area contributed by atoms with E-state index in [0.717, 1.165) is 17.0 Å². The summed E-state index contributed by atoms with van der Waals surface area (Å²) < 4.78 is 48.3. The highest BCUT2D eigenvalue weighted by Crippen LogP contribution is 2.32. The molecule has 132 valence electrons. The van der Waals surface area contributed by atoms with Gasteiger partial charge in [-0.3, -0.25) is 4.79 Å². The summed E-state index contributed by atoms with van der Waals surface area (Å²) in [5.41, 5.74) is -1.25. The number of morpholine rings is 1. The van der Waals surface area contributed by atoms with Gasteiger partial charge < -0.3 is 9.47 Å². The van der Waals surface area contributed by atoms with Crippen LogP contribution in [0.1, 0.15) is 37.9 Å². The number of hydrogen-bond acceptors (Lipinski definition) is 4. The van der Waals surface area contributed by atoms with Crippen molar-refractivity contribution in [3.8, 4) is 0 Å². The fraction of sp³-hybridized carbons (Fsp3) is 0.500. The molecule has 2 rings (SSSR count). The molecule has 0 aliphatic carbocycles. The van der Waals surface area contributed by atoms with Crippen molar-refractivity contribution in [3.05, 3.63) is 35.4 Å². The topological polar surface area (TPSA) is 55.8 Å². The van der Waals surface area contributed by atoms with Gasteiger partial charge >= 0.3 is 12.3 Å². The Labute approximate surface area is 137 Å². The van der Waals surface area contributed by atoms with Crippen LogP contribution in [-0.2, 0) is 20.4 Å². The largest absolute Gasteiger partial charge is 0.443 e. The van der Waals surface area contributed by atoms with Crippen LogP contribution in [0, 0.1) is 0 Å². The highest BCUT2D eigenvalue weighted by molar-refractivity contribution is 5.93. The Bertz CT molecular complexity index is 620. The molecule has 1 saturated heterocycles. The number of ether oxygens (including phenoxy) is 2. The minimum atomic E-state index is -4.46. The summed E-state index contributed by atoms with van der Waals surface area (Å²) in [5, 5.41) is 0. The lowest BCUT2D eigenvalue weighted by Gasteiger charge is -2.35. The molecule has 0 N–H and O–H groups in total. The van der Waals surface area contributed by atoms with E-state index >= 15 is 0 Å². The Balaban J connectivity index is 2.28. The molecule has 1 fully saturated rings. The zero-order valence-corrected chi connectivity index (χ0v) is 13.5. The number of nitrogens with zero attached hydrogens (tertiary/aromatic N) is 1. The van der Waals surface area contributed by atoms with Gasteiger partial charge in [0.15, 0.2) is 0 Å². The maximum Gasteiger partial charge on any atom is 0.417 e. The molecule has 0 saturated carbocycles. The first-order valence-electron chi connectivity index (χ1n) is 7.29. The van der Waals surface area contributed by atoms with Gasteiger partial charge in [-0.15, -0.1) is 0 Å². The van der Waals surface area contributed by atoms with Crippen molar-refractivity contribution < 1.29 is 32.2 Å². The Morgan fingerprint density at radius 2 is 1.79 bits per heavy atom. The second-order valence-corrected chi connectivity index (χ2v) is 6.39. The molecule has 1 atom stereocenters. The smallest absolute Gasteiger partial charge is 0.417 e.